The van der Waals surface area contributed by atoms with E-state index in [0.717, 1.165) is 63.4 Å². The van der Waals surface area contributed by atoms with Gasteiger partial charge >= 0.3 is 0 Å². The van der Waals surface area contributed by atoms with Gasteiger partial charge in [-0.1, -0.05) is 109 Å². The van der Waals surface area contributed by atoms with Crippen molar-refractivity contribution in [2.75, 3.05) is 31.1 Å². The van der Waals surface area contributed by atoms with Crippen molar-refractivity contribution in [1.82, 2.24) is 14.8 Å². The minimum atomic E-state index is -0.174. The van der Waals surface area contributed by atoms with Crippen LogP contribution in [0.1, 0.15) is 28.3 Å². The molecule has 2 heterocycles. The molecule has 1 fully saturated rings. The predicted octanol–water partition coefficient (Wildman–Crippen LogP) is 7.38. The maximum Gasteiger partial charge on any atom is 0.236 e. The van der Waals surface area contributed by atoms with Crippen LogP contribution in [0.25, 0.3) is 22.2 Å². The van der Waals surface area contributed by atoms with E-state index in [9.17, 15) is 4.79 Å². The summed E-state index contributed by atoms with van der Waals surface area (Å²) in [4.78, 5) is 23.5. The second-order valence-electron chi connectivity index (χ2n) is 10.6. The van der Waals surface area contributed by atoms with Gasteiger partial charge in [-0.05, 0) is 29.7 Å². The van der Waals surface area contributed by atoms with Crippen LogP contribution in [0.3, 0.4) is 0 Å². The fraction of sp³-hybridized carbons (Fsp3) is 0.222. The van der Waals surface area contributed by atoms with E-state index in [1.54, 1.807) is 0 Å². The van der Waals surface area contributed by atoms with Crippen LogP contribution >= 0.6 is 11.8 Å². The Hall–Kier alpha value is -3.93. The van der Waals surface area contributed by atoms with E-state index in [1.165, 1.54) is 5.56 Å². The smallest absolute Gasteiger partial charge is 0.236 e. The van der Waals surface area contributed by atoms with Gasteiger partial charge in [-0.2, -0.15) is 11.8 Å². The summed E-state index contributed by atoms with van der Waals surface area (Å²) in [6.45, 7) is 4.72. The number of hydrogen-bond acceptors (Lipinski definition) is 4. The van der Waals surface area contributed by atoms with Crippen molar-refractivity contribution in [3.05, 3.63) is 138 Å². The standard InChI is InChI=1S/C36H35N3OS/c1-27-12-11-19-31-24-32(35(37-34(27)31)29-15-7-3-8-16-29)36(30-17-9-4-10-18-30)39(25-28-13-5-2-6-14-28)26-33(40)38-20-22-41-23-21-38/h2-19,24,36H,20-23,25-26H2,1H3. The number of nitrogens with zero attached hydrogens (tertiary/aromatic N) is 3. The first kappa shape index (κ1) is 27.3. The molecule has 1 saturated heterocycles. The Morgan fingerprint density at radius 1 is 0.854 bits per heavy atom. The van der Waals surface area contributed by atoms with Crippen LogP contribution in [-0.2, 0) is 11.3 Å². The van der Waals surface area contributed by atoms with Crippen molar-refractivity contribution in [3.8, 4) is 11.3 Å². The molecule has 1 aromatic heterocycles. The van der Waals surface area contributed by atoms with E-state index >= 15 is 0 Å². The van der Waals surface area contributed by atoms with Gasteiger partial charge in [-0.15, -0.1) is 0 Å². The number of pyridine rings is 1. The Morgan fingerprint density at radius 3 is 2.22 bits per heavy atom. The molecule has 1 aliphatic rings. The van der Waals surface area contributed by atoms with Gasteiger partial charge in [-0.25, -0.2) is 4.98 Å². The molecule has 0 spiro atoms. The fourth-order valence-corrected chi connectivity index (χ4v) is 6.67. The number of benzene rings is 4. The number of fused-ring (bicyclic) bond motifs is 1. The summed E-state index contributed by atoms with van der Waals surface area (Å²) in [6.07, 6.45) is 0. The average Bonchev–Trinajstić information content (AvgIpc) is 3.03. The van der Waals surface area contributed by atoms with Gasteiger partial charge in [0.25, 0.3) is 0 Å². The van der Waals surface area contributed by atoms with Gasteiger partial charge in [0, 0.05) is 47.7 Å². The highest BCUT2D eigenvalue weighted by Crippen LogP contribution is 2.38. The number of amides is 1. The second-order valence-corrected chi connectivity index (χ2v) is 11.9. The number of para-hydroxylation sites is 1. The van der Waals surface area contributed by atoms with Crippen LogP contribution in [0.5, 0.6) is 0 Å². The van der Waals surface area contributed by atoms with Gasteiger partial charge in [0.1, 0.15) is 0 Å². The molecule has 5 heteroatoms. The highest BCUT2D eigenvalue weighted by atomic mass is 32.2. The summed E-state index contributed by atoms with van der Waals surface area (Å²) < 4.78 is 0. The summed E-state index contributed by atoms with van der Waals surface area (Å²) in [6, 6.07) is 40.0. The fourth-order valence-electron chi connectivity index (χ4n) is 5.76. The number of hydrogen-bond donors (Lipinski definition) is 0. The van der Waals surface area contributed by atoms with Crippen molar-refractivity contribution >= 4 is 28.6 Å². The van der Waals surface area contributed by atoms with Crippen molar-refractivity contribution in [2.45, 2.75) is 19.5 Å². The number of thioether (sulfide) groups is 1. The maximum atomic E-state index is 13.8. The molecule has 4 aromatic carbocycles. The Morgan fingerprint density at radius 2 is 1.51 bits per heavy atom. The van der Waals surface area contributed by atoms with Gasteiger partial charge in [0.15, 0.2) is 0 Å². The van der Waals surface area contributed by atoms with Crippen molar-refractivity contribution in [1.29, 1.82) is 0 Å². The molecule has 0 saturated carbocycles. The first-order valence-corrected chi connectivity index (χ1v) is 15.5. The zero-order valence-corrected chi connectivity index (χ0v) is 24.3. The lowest BCUT2D eigenvalue weighted by atomic mass is 9.91. The first-order chi connectivity index (χ1) is 20.2. The molecule has 0 radical (unpaired) electrons. The third-order valence-electron chi connectivity index (χ3n) is 7.83. The SMILES string of the molecule is Cc1cccc2cc(C(c3ccccc3)N(CC(=O)N3CCSCC3)Cc3ccccc3)c(-c3ccccc3)nc12. The van der Waals surface area contributed by atoms with Crippen molar-refractivity contribution in [2.24, 2.45) is 0 Å². The van der Waals surface area contributed by atoms with Crippen LogP contribution in [0.4, 0.5) is 0 Å². The summed E-state index contributed by atoms with van der Waals surface area (Å²) in [7, 11) is 0. The van der Waals surface area contributed by atoms with Gasteiger partial charge in [0.05, 0.1) is 23.8 Å². The number of rotatable bonds is 8. The van der Waals surface area contributed by atoms with Crippen molar-refractivity contribution in [3.63, 3.8) is 0 Å². The molecule has 6 rings (SSSR count). The van der Waals surface area contributed by atoms with Crippen LogP contribution in [-0.4, -0.2) is 51.8 Å². The van der Waals surface area contributed by atoms with Crippen LogP contribution < -0.4 is 0 Å². The lowest BCUT2D eigenvalue weighted by Crippen LogP contribution is -2.45. The quantitative estimate of drug-likeness (QED) is 0.200. The van der Waals surface area contributed by atoms with Crippen LogP contribution in [0.2, 0.25) is 0 Å². The molecule has 1 unspecified atom stereocenters. The number of aromatic nitrogens is 1. The summed E-state index contributed by atoms with van der Waals surface area (Å²) in [5.41, 5.74) is 7.64. The Bertz CT molecular complexity index is 1600. The van der Waals surface area contributed by atoms with E-state index in [0.29, 0.717) is 13.1 Å². The lowest BCUT2D eigenvalue weighted by molar-refractivity contribution is -0.132. The molecule has 0 bridgehead atoms. The van der Waals surface area contributed by atoms with E-state index in [1.807, 2.05) is 28.8 Å². The molecular formula is C36H35N3OS. The number of carbonyl (C=O) groups is 1. The van der Waals surface area contributed by atoms with E-state index in [-0.39, 0.29) is 11.9 Å². The molecule has 206 valence electrons. The Labute approximate surface area is 247 Å². The molecule has 0 aliphatic carbocycles. The zero-order valence-electron chi connectivity index (χ0n) is 23.4. The maximum absolute atomic E-state index is 13.8. The molecule has 0 N–H and O–H groups in total. The van der Waals surface area contributed by atoms with E-state index in [2.05, 4.69) is 115 Å². The van der Waals surface area contributed by atoms with E-state index < -0.39 is 0 Å². The van der Waals surface area contributed by atoms with Gasteiger partial charge < -0.3 is 4.90 Å². The zero-order chi connectivity index (χ0) is 28.0. The third kappa shape index (κ3) is 6.22. The minimum Gasteiger partial charge on any atom is -0.340 e. The molecule has 1 amide bonds. The third-order valence-corrected chi connectivity index (χ3v) is 8.77. The average molecular weight is 558 g/mol. The van der Waals surface area contributed by atoms with Gasteiger partial charge in [0.2, 0.25) is 5.91 Å². The highest BCUT2D eigenvalue weighted by molar-refractivity contribution is 7.99. The first-order valence-electron chi connectivity index (χ1n) is 14.3. The van der Waals surface area contributed by atoms with E-state index in [4.69, 9.17) is 4.98 Å². The Kier molecular flexibility index (Phi) is 8.45. The lowest BCUT2D eigenvalue weighted by Gasteiger charge is -2.36. The van der Waals surface area contributed by atoms with Crippen LogP contribution in [0.15, 0.2) is 115 Å². The molecule has 1 atom stereocenters. The topological polar surface area (TPSA) is 36.4 Å². The minimum absolute atomic E-state index is 0.174. The monoisotopic (exact) mass is 557 g/mol. The Balaban J connectivity index is 1.54. The predicted molar refractivity (Wildman–Crippen MR) is 171 cm³/mol. The largest absolute Gasteiger partial charge is 0.340 e. The molecule has 5 aromatic rings. The second kappa shape index (κ2) is 12.7. The van der Waals surface area contributed by atoms with Crippen LogP contribution in [0, 0.1) is 6.92 Å². The normalized spacial score (nSPS) is 14.3. The van der Waals surface area contributed by atoms with Crippen molar-refractivity contribution < 1.29 is 4.79 Å². The molecule has 41 heavy (non-hydrogen) atoms. The summed E-state index contributed by atoms with van der Waals surface area (Å²) >= 11 is 1.92. The molecule has 4 nitrogen and oxygen atoms in total. The van der Waals surface area contributed by atoms with Gasteiger partial charge in [-0.3, -0.25) is 9.69 Å². The summed E-state index contributed by atoms with van der Waals surface area (Å²) in [5.74, 6) is 2.19. The molecular weight excluding hydrogens is 522 g/mol. The summed E-state index contributed by atoms with van der Waals surface area (Å²) in [5, 5.41) is 1.11. The number of carbonyl (C=O) groups excluding carboxylic acids is 1. The highest BCUT2D eigenvalue weighted by Gasteiger charge is 2.30. The molecule has 1 aliphatic heterocycles. The number of aryl methyl sites for hydroxylation is 1.